The Morgan fingerprint density at radius 3 is 2.80 bits per heavy atom. The van der Waals surface area contributed by atoms with Crippen molar-refractivity contribution in [2.24, 2.45) is 5.92 Å². The molecule has 2 heterocycles. The average molecular weight is 341 g/mol. The topological polar surface area (TPSA) is 76.3 Å². The highest BCUT2D eigenvalue weighted by molar-refractivity contribution is 6.00. The van der Waals surface area contributed by atoms with E-state index in [4.69, 9.17) is 4.52 Å². The second-order valence-corrected chi connectivity index (χ2v) is 6.78. The standard InChI is InChI=1S/C19H23N3O3/c1-12-6-7-16(10-17(12)13(2)23)19(24)22-8-4-5-15(11-22)9-18-20-14(3)25-21-18/h6-7,10,15H,4-5,8-9,11H2,1-3H3/t15-/m1/s1. The van der Waals surface area contributed by atoms with Crippen molar-refractivity contribution in [2.45, 2.75) is 40.0 Å². The smallest absolute Gasteiger partial charge is 0.253 e. The summed E-state index contributed by atoms with van der Waals surface area (Å²) in [4.78, 5) is 30.7. The van der Waals surface area contributed by atoms with Gasteiger partial charge in [0.1, 0.15) is 0 Å². The number of carbonyl (C=O) groups is 2. The number of aromatic nitrogens is 2. The van der Waals surface area contributed by atoms with Crippen LogP contribution in [0.25, 0.3) is 0 Å². The monoisotopic (exact) mass is 341 g/mol. The Hall–Kier alpha value is -2.50. The lowest BCUT2D eigenvalue weighted by Crippen LogP contribution is -2.40. The molecule has 0 bridgehead atoms. The number of ketones is 1. The van der Waals surface area contributed by atoms with E-state index in [2.05, 4.69) is 10.1 Å². The van der Waals surface area contributed by atoms with Gasteiger partial charge in [0.05, 0.1) is 0 Å². The van der Waals surface area contributed by atoms with E-state index in [0.717, 1.165) is 24.9 Å². The van der Waals surface area contributed by atoms with Gasteiger partial charge in [0, 0.05) is 37.6 Å². The Bertz CT molecular complexity index is 797. The fraction of sp³-hybridized carbons (Fsp3) is 0.474. The normalized spacial score (nSPS) is 17.6. The van der Waals surface area contributed by atoms with Crippen LogP contribution in [0, 0.1) is 19.8 Å². The van der Waals surface area contributed by atoms with Gasteiger partial charge in [-0.1, -0.05) is 11.2 Å². The maximum Gasteiger partial charge on any atom is 0.253 e. The Kier molecular flexibility index (Phi) is 4.97. The van der Waals surface area contributed by atoms with Gasteiger partial charge in [-0.2, -0.15) is 4.98 Å². The quantitative estimate of drug-likeness (QED) is 0.799. The second kappa shape index (κ2) is 7.17. The highest BCUT2D eigenvalue weighted by atomic mass is 16.5. The minimum absolute atomic E-state index is 0.0171. The van der Waals surface area contributed by atoms with Gasteiger partial charge >= 0.3 is 0 Å². The molecule has 0 aliphatic carbocycles. The van der Waals surface area contributed by atoms with Gasteiger partial charge in [0.25, 0.3) is 5.91 Å². The molecule has 1 aliphatic rings. The molecular formula is C19H23N3O3. The first-order valence-electron chi connectivity index (χ1n) is 8.64. The van der Waals surface area contributed by atoms with Crippen LogP contribution in [0.15, 0.2) is 22.7 Å². The van der Waals surface area contributed by atoms with E-state index >= 15 is 0 Å². The third-order valence-electron chi connectivity index (χ3n) is 4.71. The van der Waals surface area contributed by atoms with Crippen molar-refractivity contribution in [1.29, 1.82) is 0 Å². The minimum Gasteiger partial charge on any atom is -0.340 e. The van der Waals surface area contributed by atoms with Gasteiger partial charge < -0.3 is 9.42 Å². The molecule has 0 spiro atoms. The van der Waals surface area contributed by atoms with Gasteiger partial charge in [-0.3, -0.25) is 9.59 Å². The van der Waals surface area contributed by atoms with Gasteiger partial charge in [-0.25, -0.2) is 0 Å². The fourth-order valence-electron chi connectivity index (χ4n) is 3.42. The molecule has 1 atom stereocenters. The van der Waals surface area contributed by atoms with E-state index in [1.807, 2.05) is 17.9 Å². The van der Waals surface area contributed by atoms with E-state index in [1.165, 1.54) is 6.92 Å². The van der Waals surface area contributed by atoms with Crippen molar-refractivity contribution in [3.05, 3.63) is 46.6 Å². The number of Topliss-reactive ketones (excluding diaryl/α,β-unsaturated/α-hetero) is 1. The molecule has 0 unspecified atom stereocenters. The number of nitrogens with zero attached hydrogens (tertiary/aromatic N) is 3. The molecule has 6 heteroatoms. The predicted octanol–water partition coefficient (Wildman–Crippen LogP) is 2.98. The summed E-state index contributed by atoms with van der Waals surface area (Å²) in [6, 6.07) is 5.36. The molecule has 0 radical (unpaired) electrons. The number of piperidine rings is 1. The summed E-state index contributed by atoms with van der Waals surface area (Å²) in [6.45, 7) is 6.60. The molecular weight excluding hydrogens is 318 g/mol. The molecule has 1 fully saturated rings. The van der Waals surface area contributed by atoms with Crippen molar-refractivity contribution in [2.75, 3.05) is 13.1 Å². The lowest BCUT2D eigenvalue weighted by Gasteiger charge is -2.32. The van der Waals surface area contributed by atoms with Crippen molar-refractivity contribution < 1.29 is 14.1 Å². The van der Waals surface area contributed by atoms with Gasteiger partial charge in [-0.15, -0.1) is 0 Å². The second-order valence-electron chi connectivity index (χ2n) is 6.78. The van der Waals surface area contributed by atoms with E-state index in [0.29, 0.717) is 41.7 Å². The number of hydrogen-bond donors (Lipinski definition) is 0. The maximum absolute atomic E-state index is 12.9. The Morgan fingerprint density at radius 2 is 2.12 bits per heavy atom. The first-order chi connectivity index (χ1) is 11.9. The summed E-state index contributed by atoms with van der Waals surface area (Å²) >= 11 is 0. The van der Waals surface area contributed by atoms with Crippen LogP contribution in [0.4, 0.5) is 0 Å². The zero-order chi connectivity index (χ0) is 18.0. The third kappa shape index (κ3) is 3.95. The fourth-order valence-corrected chi connectivity index (χ4v) is 3.42. The molecule has 1 amide bonds. The van der Waals surface area contributed by atoms with Crippen LogP contribution < -0.4 is 0 Å². The first kappa shape index (κ1) is 17.3. The number of carbonyl (C=O) groups excluding carboxylic acids is 2. The van der Waals surface area contributed by atoms with Crippen molar-refractivity contribution in [3.63, 3.8) is 0 Å². The molecule has 1 saturated heterocycles. The molecule has 1 aromatic carbocycles. The van der Waals surface area contributed by atoms with Crippen molar-refractivity contribution >= 4 is 11.7 Å². The zero-order valence-electron chi connectivity index (χ0n) is 14.9. The van der Waals surface area contributed by atoms with Crippen LogP contribution in [-0.2, 0) is 6.42 Å². The highest BCUT2D eigenvalue weighted by Crippen LogP contribution is 2.22. The third-order valence-corrected chi connectivity index (χ3v) is 4.71. The van der Waals surface area contributed by atoms with Gasteiger partial charge in [0.15, 0.2) is 11.6 Å². The molecule has 1 aliphatic heterocycles. The van der Waals surface area contributed by atoms with E-state index in [-0.39, 0.29) is 11.7 Å². The Balaban J connectivity index is 1.71. The largest absolute Gasteiger partial charge is 0.340 e. The molecule has 3 rings (SSSR count). The first-order valence-corrected chi connectivity index (χ1v) is 8.64. The average Bonchev–Trinajstić information content (AvgIpc) is 2.99. The van der Waals surface area contributed by atoms with Gasteiger partial charge in [0.2, 0.25) is 5.89 Å². The summed E-state index contributed by atoms with van der Waals surface area (Å²) in [5, 5.41) is 3.95. The van der Waals surface area contributed by atoms with E-state index in [9.17, 15) is 9.59 Å². The number of hydrogen-bond acceptors (Lipinski definition) is 5. The van der Waals surface area contributed by atoms with Crippen LogP contribution in [-0.4, -0.2) is 39.8 Å². The molecule has 132 valence electrons. The number of aryl methyl sites for hydroxylation is 2. The molecule has 2 aromatic rings. The zero-order valence-corrected chi connectivity index (χ0v) is 14.9. The van der Waals surface area contributed by atoms with Crippen LogP contribution in [0.5, 0.6) is 0 Å². The summed E-state index contributed by atoms with van der Waals surface area (Å²) in [5.41, 5.74) is 2.08. The number of rotatable bonds is 4. The van der Waals surface area contributed by atoms with Crippen molar-refractivity contribution in [3.8, 4) is 0 Å². The molecule has 0 N–H and O–H groups in total. The molecule has 0 saturated carbocycles. The molecule has 25 heavy (non-hydrogen) atoms. The van der Waals surface area contributed by atoms with Gasteiger partial charge in [-0.05, 0) is 50.3 Å². The number of amides is 1. The predicted molar refractivity (Wildman–Crippen MR) is 92.6 cm³/mol. The Morgan fingerprint density at radius 1 is 1.32 bits per heavy atom. The van der Waals surface area contributed by atoms with Crippen LogP contribution in [0.3, 0.4) is 0 Å². The summed E-state index contributed by atoms with van der Waals surface area (Å²) in [7, 11) is 0. The lowest BCUT2D eigenvalue weighted by molar-refractivity contribution is 0.0672. The SMILES string of the molecule is CC(=O)c1cc(C(=O)N2CCC[C@H](Cc3noc(C)n3)C2)ccc1C. The van der Waals surface area contributed by atoms with Crippen LogP contribution in [0.2, 0.25) is 0 Å². The molecule has 1 aromatic heterocycles. The maximum atomic E-state index is 12.9. The minimum atomic E-state index is -0.0175. The summed E-state index contributed by atoms with van der Waals surface area (Å²) in [6.07, 6.45) is 2.72. The van der Waals surface area contributed by atoms with E-state index < -0.39 is 0 Å². The number of likely N-dealkylation sites (tertiary alicyclic amines) is 1. The van der Waals surface area contributed by atoms with Crippen molar-refractivity contribution in [1.82, 2.24) is 15.0 Å². The Labute approximate surface area is 147 Å². The molecule has 6 nitrogen and oxygen atoms in total. The summed E-state index contributed by atoms with van der Waals surface area (Å²) < 4.78 is 5.02. The van der Waals surface area contributed by atoms with Crippen LogP contribution >= 0.6 is 0 Å². The van der Waals surface area contributed by atoms with E-state index in [1.54, 1.807) is 19.1 Å². The number of benzene rings is 1. The summed E-state index contributed by atoms with van der Waals surface area (Å²) in [5.74, 6) is 1.56. The van der Waals surface area contributed by atoms with Crippen LogP contribution in [0.1, 0.15) is 57.8 Å². The lowest BCUT2D eigenvalue weighted by atomic mass is 9.93. The highest BCUT2D eigenvalue weighted by Gasteiger charge is 2.26.